The van der Waals surface area contributed by atoms with E-state index >= 15 is 0 Å². The molecule has 2 amide bonds. The van der Waals surface area contributed by atoms with E-state index in [2.05, 4.69) is 9.98 Å². The zero-order valence-corrected chi connectivity index (χ0v) is 20.0. The smallest absolute Gasteiger partial charge is 0.396 e. The molecule has 2 aromatic carbocycles. The van der Waals surface area contributed by atoms with E-state index in [0.717, 1.165) is 43.3 Å². The van der Waals surface area contributed by atoms with E-state index in [-0.39, 0.29) is 42.3 Å². The number of benzene rings is 2. The van der Waals surface area contributed by atoms with E-state index in [1.807, 2.05) is 16.7 Å². The lowest BCUT2D eigenvalue weighted by atomic mass is 9.85. The number of aliphatic hydroxyl groups excluding tert-OH is 1. The highest BCUT2D eigenvalue weighted by Crippen LogP contribution is 2.35. The summed E-state index contributed by atoms with van der Waals surface area (Å²) in [5.74, 6) is -1.04. The summed E-state index contributed by atoms with van der Waals surface area (Å²) in [6.45, 7) is 0.785. The van der Waals surface area contributed by atoms with Crippen LogP contribution >= 0.6 is 0 Å². The number of anilines is 1. The van der Waals surface area contributed by atoms with Gasteiger partial charge in [0.15, 0.2) is 0 Å². The van der Waals surface area contributed by atoms with Crippen molar-refractivity contribution in [2.45, 2.75) is 37.9 Å². The molecule has 37 heavy (non-hydrogen) atoms. The van der Waals surface area contributed by atoms with Crippen molar-refractivity contribution in [2.75, 3.05) is 31.3 Å². The van der Waals surface area contributed by atoms with Gasteiger partial charge >= 0.3 is 6.18 Å². The van der Waals surface area contributed by atoms with Crippen molar-refractivity contribution in [3.05, 3.63) is 59.2 Å². The average molecular weight is 517 g/mol. The number of imidazole rings is 1. The molecule has 2 atom stereocenters. The number of morpholine rings is 1. The molecule has 2 fully saturated rings. The molecule has 1 saturated heterocycles. The molecule has 2 N–H and O–H groups in total. The molecule has 1 aliphatic carbocycles. The summed E-state index contributed by atoms with van der Waals surface area (Å²) in [5, 5.41) is 10.0. The Hall–Kier alpha value is -3.44. The van der Waals surface area contributed by atoms with Crippen LogP contribution in [0.4, 0.5) is 18.9 Å². The molecule has 1 saturated carbocycles. The molecule has 2 heterocycles. The number of aliphatic hydroxyl groups is 1. The quantitative estimate of drug-likeness (QED) is 0.551. The lowest BCUT2D eigenvalue weighted by Gasteiger charge is -2.31. The minimum atomic E-state index is -4.58. The first kappa shape index (κ1) is 25.2. The number of alkyl halides is 3. The maximum atomic E-state index is 13.2. The van der Waals surface area contributed by atoms with Crippen molar-refractivity contribution in [2.24, 2.45) is 10.9 Å². The monoisotopic (exact) mass is 516 g/mol. The number of rotatable bonds is 4. The van der Waals surface area contributed by atoms with Crippen molar-refractivity contribution in [1.82, 2.24) is 9.55 Å². The summed E-state index contributed by atoms with van der Waals surface area (Å²) < 4.78 is 46.7. The molecular formula is C26H27F3N4O4. The third-order valence-corrected chi connectivity index (χ3v) is 7.09. The molecule has 5 rings (SSSR count). The summed E-state index contributed by atoms with van der Waals surface area (Å²) in [6, 6.07) is 9.45. The normalized spacial score (nSPS) is 21.6. The third kappa shape index (κ3) is 5.05. The minimum absolute atomic E-state index is 0.00487. The van der Waals surface area contributed by atoms with Crippen molar-refractivity contribution in [3.8, 4) is 0 Å². The van der Waals surface area contributed by atoms with Crippen molar-refractivity contribution in [3.63, 3.8) is 0 Å². The SMILES string of the molecule is O=C(/N=c1\[nH]c2cc(N3CCOCC3=O)ccc2n1C1CCCCC1CO)c1cccc(C(F)(F)F)c1. The van der Waals surface area contributed by atoms with E-state index in [9.17, 15) is 27.9 Å². The van der Waals surface area contributed by atoms with Crippen LogP contribution in [0, 0.1) is 5.92 Å². The number of hydrogen-bond donors (Lipinski definition) is 2. The predicted octanol–water partition coefficient (Wildman–Crippen LogP) is 3.82. The summed E-state index contributed by atoms with van der Waals surface area (Å²) in [4.78, 5) is 34.4. The van der Waals surface area contributed by atoms with Crippen LogP contribution in [0.25, 0.3) is 11.0 Å². The van der Waals surface area contributed by atoms with Crippen LogP contribution in [0.3, 0.4) is 0 Å². The van der Waals surface area contributed by atoms with Crippen LogP contribution in [0.15, 0.2) is 47.5 Å². The van der Waals surface area contributed by atoms with Gasteiger partial charge in [-0.1, -0.05) is 18.9 Å². The Balaban J connectivity index is 1.63. The summed E-state index contributed by atoms with van der Waals surface area (Å²) in [7, 11) is 0. The lowest BCUT2D eigenvalue weighted by Crippen LogP contribution is -2.41. The number of nitrogens with zero attached hydrogens (tertiary/aromatic N) is 3. The number of aromatic nitrogens is 2. The van der Waals surface area contributed by atoms with Gasteiger partial charge in [-0.05, 0) is 49.2 Å². The standard InChI is InChI=1S/C26H27F3N4O4/c27-26(28,29)18-6-3-5-16(12-18)24(36)31-25-30-20-13-19(32-10-11-37-15-23(32)35)8-9-22(20)33(25)21-7-2-1-4-17(21)14-34/h3,5-6,8-9,12-13,17,21,34H,1-2,4,7,10-11,14-15H2,(H,30,31,36). The summed E-state index contributed by atoms with van der Waals surface area (Å²) in [5.41, 5.74) is 1.09. The zero-order valence-electron chi connectivity index (χ0n) is 20.0. The number of H-pyrrole nitrogens is 1. The Kier molecular flexibility index (Phi) is 6.91. The zero-order chi connectivity index (χ0) is 26.2. The van der Waals surface area contributed by atoms with Crippen LogP contribution in [0.1, 0.15) is 47.6 Å². The minimum Gasteiger partial charge on any atom is -0.396 e. The highest BCUT2D eigenvalue weighted by molar-refractivity contribution is 5.97. The van der Waals surface area contributed by atoms with Crippen LogP contribution in [-0.4, -0.2) is 52.8 Å². The second kappa shape index (κ2) is 10.1. The molecule has 0 spiro atoms. The van der Waals surface area contributed by atoms with E-state index < -0.39 is 17.6 Å². The van der Waals surface area contributed by atoms with Gasteiger partial charge in [0, 0.05) is 36.4 Å². The van der Waals surface area contributed by atoms with Gasteiger partial charge in [-0.15, -0.1) is 0 Å². The maximum Gasteiger partial charge on any atom is 0.416 e. The molecule has 196 valence electrons. The fraction of sp³-hybridized carbons (Fsp3) is 0.423. The second-order valence-corrected chi connectivity index (χ2v) is 9.41. The van der Waals surface area contributed by atoms with Crippen molar-refractivity contribution in [1.29, 1.82) is 0 Å². The molecule has 2 unspecified atom stereocenters. The number of nitrogens with one attached hydrogen (secondary N) is 1. The van der Waals surface area contributed by atoms with Gasteiger partial charge in [0.1, 0.15) is 6.61 Å². The molecule has 3 aromatic rings. The highest BCUT2D eigenvalue weighted by Gasteiger charge is 2.31. The first-order valence-corrected chi connectivity index (χ1v) is 12.3. The van der Waals surface area contributed by atoms with E-state index in [1.165, 1.54) is 12.1 Å². The van der Waals surface area contributed by atoms with Crippen molar-refractivity contribution < 1.29 is 32.6 Å². The Labute approximate surface area is 210 Å². The molecular weight excluding hydrogens is 489 g/mol. The Morgan fingerprint density at radius 2 is 1.97 bits per heavy atom. The molecule has 8 nitrogen and oxygen atoms in total. The molecule has 0 radical (unpaired) electrons. The number of amides is 2. The van der Waals surface area contributed by atoms with Crippen LogP contribution < -0.4 is 10.5 Å². The van der Waals surface area contributed by atoms with E-state index in [4.69, 9.17) is 4.74 Å². The van der Waals surface area contributed by atoms with Gasteiger partial charge < -0.3 is 24.3 Å². The highest BCUT2D eigenvalue weighted by atomic mass is 19.4. The number of carbonyl (C=O) groups excluding carboxylic acids is 2. The average Bonchev–Trinajstić information content (AvgIpc) is 3.25. The number of fused-ring (bicyclic) bond motifs is 1. The van der Waals surface area contributed by atoms with Gasteiger partial charge in [-0.25, -0.2) is 0 Å². The number of ether oxygens (including phenoxy) is 1. The second-order valence-electron chi connectivity index (χ2n) is 9.41. The number of carbonyl (C=O) groups is 2. The van der Waals surface area contributed by atoms with Crippen LogP contribution in [-0.2, 0) is 15.7 Å². The predicted molar refractivity (Wildman–Crippen MR) is 129 cm³/mol. The van der Waals surface area contributed by atoms with Crippen molar-refractivity contribution >= 4 is 28.5 Å². The van der Waals surface area contributed by atoms with Gasteiger partial charge in [-0.2, -0.15) is 18.2 Å². The molecule has 2 aliphatic rings. The molecule has 11 heteroatoms. The number of halogens is 3. The summed E-state index contributed by atoms with van der Waals surface area (Å²) >= 11 is 0. The van der Waals surface area contributed by atoms with Gasteiger partial charge in [0.25, 0.3) is 11.8 Å². The fourth-order valence-electron chi connectivity index (χ4n) is 5.24. The largest absolute Gasteiger partial charge is 0.416 e. The molecule has 0 bridgehead atoms. The first-order chi connectivity index (χ1) is 17.8. The van der Waals surface area contributed by atoms with Crippen LogP contribution in [0.2, 0.25) is 0 Å². The van der Waals surface area contributed by atoms with Gasteiger partial charge in [0.05, 0.1) is 23.2 Å². The topological polar surface area (TPSA) is 99.9 Å². The third-order valence-electron chi connectivity index (χ3n) is 7.09. The van der Waals surface area contributed by atoms with E-state index in [0.29, 0.717) is 24.4 Å². The van der Waals surface area contributed by atoms with Crippen LogP contribution in [0.5, 0.6) is 0 Å². The fourth-order valence-corrected chi connectivity index (χ4v) is 5.24. The maximum absolute atomic E-state index is 13.2. The molecule has 1 aromatic heterocycles. The lowest BCUT2D eigenvalue weighted by molar-refractivity contribution is -0.137. The van der Waals surface area contributed by atoms with Gasteiger partial charge in [-0.3, -0.25) is 9.59 Å². The Morgan fingerprint density at radius 3 is 2.73 bits per heavy atom. The first-order valence-electron chi connectivity index (χ1n) is 12.3. The number of aromatic amines is 1. The van der Waals surface area contributed by atoms with Gasteiger partial charge in [0.2, 0.25) is 5.62 Å². The summed E-state index contributed by atoms with van der Waals surface area (Å²) in [6.07, 6.45) is -1.11. The number of hydrogen-bond acceptors (Lipinski definition) is 4. The molecule has 1 aliphatic heterocycles. The Morgan fingerprint density at radius 1 is 1.16 bits per heavy atom. The Bertz CT molecular complexity index is 1390. The van der Waals surface area contributed by atoms with E-state index in [1.54, 1.807) is 11.0 Å².